The van der Waals surface area contributed by atoms with Gasteiger partial charge in [0.1, 0.15) is 26.7 Å². The summed E-state index contributed by atoms with van der Waals surface area (Å²) in [4.78, 5) is 0. The average molecular weight is 300 g/mol. The summed E-state index contributed by atoms with van der Waals surface area (Å²) in [6, 6.07) is 0. The number of rotatable bonds is 0. The molecule has 2 unspecified atom stereocenters. The first-order chi connectivity index (χ1) is 8.99. The van der Waals surface area contributed by atoms with Gasteiger partial charge in [0.2, 0.25) is 0 Å². The molecule has 0 radical (unpaired) electrons. The van der Waals surface area contributed by atoms with Crippen LogP contribution in [0.5, 0.6) is 0 Å². The molecule has 20 heavy (non-hydrogen) atoms. The van der Waals surface area contributed by atoms with Gasteiger partial charge in [-0.05, 0) is 13.8 Å². The fraction of sp³-hybridized carbons (Fsp3) is 0.800. The Morgan fingerprint density at radius 3 is 1.45 bits per heavy atom. The summed E-state index contributed by atoms with van der Waals surface area (Å²) in [5.74, 6) is 0. The summed E-state index contributed by atoms with van der Waals surface area (Å²) in [7, 11) is -6.00. The lowest BCUT2D eigenvalue weighted by atomic mass is 9.93. The van der Waals surface area contributed by atoms with Gasteiger partial charge in [-0.3, -0.25) is 0 Å². The Morgan fingerprint density at radius 1 is 0.900 bits per heavy atom. The summed E-state index contributed by atoms with van der Waals surface area (Å²) in [6.07, 6.45) is 3.58. The van der Waals surface area contributed by atoms with Crippen LogP contribution in [0.3, 0.4) is 0 Å². The van der Waals surface area contributed by atoms with Crippen LogP contribution in [0.1, 0.15) is 40.5 Å². The summed E-state index contributed by atoms with van der Waals surface area (Å²) < 4.78 is 61.6. The van der Waals surface area contributed by atoms with Crippen LogP contribution in [0.15, 0.2) is 0 Å². The molecule has 2 fully saturated rings. The molecule has 2 atom stereocenters. The van der Waals surface area contributed by atoms with E-state index in [4.69, 9.17) is 18.6 Å². The lowest BCUT2D eigenvalue weighted by molar-refractivity contribution is -0.114. The molecule has 0 amide bonds. The molecule has 0 aromatic rings. The van der Waals surface area contributed by atoms with E-state index < -0.39 is 14.2 Å². The molecule has 2 aliphatic heterocycles. The van der Waals surface area contributed by atoms with Crippen LogP contribution < -0.4 is 0 Å². The molecular formula is C10H18B2F4O4. The van der Waals surface area contributed by atoms with Gasteiger partial charge in [0.05, 0.1) is 12.2 Å². The summed E-state index contributed by atoms with van der Waals surface area (Å²) in [5, 5.41) is 0. The zero-order valence-electron chi connectivity index (χ0n) is 11.9. The monoisotopic (exact) mass is 300 g/mol. The largest absolute Gasteiger partial charge is 0.673 e. The lowest BCUT2D eigenvalue weighted by Gasteiger charge is -2.44. The maximum absolute atomic E-state index is 9.75. The first kappa shape index (κ1) is 17.5. The SMILES string of the molecule is C[C+]1CC(C)O[B-]2(O1)O[C+](C)CC(C)O2.F[B-](F)(F)F. The second-order valence-electron chi connectivity index (χ2n) is 5.01. The third kappa shape index (κ3) is 6.25. The molecule has 2 rings (SSSR count). The van der Waals surface area contributed by atoms with Crippen LogP contribution in [0.25, 0.3) is 0 Å². The predicted molar refractivity (Wildman–Crippen MR) is 66.3 cm³/mol. The maximum Gasteiger partial charge on any atom is 0.673 e. The fourth-order valence-electron chi connectivity index (χ4n) is 2.23. The second-order valence-corrected chi connectivity index (χ2v) is 5.01. The quantitative estimate of drug-likeness (QED) is 0.390. The topological polar surface area (TPSA) is 36.9 Å². The van der Waals surface area contributed by atoms with Crippen molar-refractivity contribution in [1.82, 2.24) is 0 Å². The van der Waals surface area contributed by atoms with Crippen molar-refractivity contribution in [2.75, 3.05) is 0 Å². The maximum atomic E-state index is 9.75. The van der Waals surface area contributed by atoms with E-state index in [1.807, 2.05) is 27.7 Å². The van der Waals surface area contributed by atoms with Crippen LogP contribution in [-0.4, -0.2) is 26.4 Å². The minimum Gasteiger partial charge on any atom is -0.509 e. The third-order valence-corrected chi connectivity index (χ3v) is 2.64. The van der Waals surface area contributed by atoms with Crippen LogP contribution in [0.4, 0.5) is 17.3 Å². The molecule has 0 aromatic carbocycles. The van der Waals surface area contributed by atoms with Gasteiger partial charge < -0.3 is 35.9 Å². The van der Waals surface area contributed by atoms with Crippen LogP contribution in [-0.2, 0) is 18.6 Å². The molecule has 116 valence electrons. The number of halogens is 4. The van der Waals surface area contributed by atoms with Crippen molar-refractivity contribution in [1.29, 1.82) is 0 Å². The minimum absolute atomic E-state index is 0.0804. The molecule has 1 spiro atoms. The molecule has 10 heteroatoms. The van der Waals surface area contributed by atoms with Crippen molar-refractivity contribution in [2.24, 2.45) is 0 Å². The lowest BCUT2D eigenvalue weighted by Crippen LogP contribution is -2.59. The van der Waals surface area contributed by atoms with Gasteiger partial charge in [0.15, 0.2) is 12.2 Å². The Hall–Kier alpha value is -0.570. The van der Waals surface area contributed by atoms with E-state index in [0.29, 0.717) is 0 Å². The standard InChI is InChI=1S/C10H18BO4.BF4/c1-7-5-8(2)13-11(12-7)14-9(3)6-10(4)15-11;2-1(3,4)5/h7,9H,5-6H2,1-4H3;/q+1;-1. The normalized spacial score (nSPS) is 34.8. The highest BCUT2D eigenvalue weighted by atomic mass is 19.5. The molecule has 2 saturated heterocycles. The second kappa shape index (κ2) is 6.46. The van der Waals surface area contributed by atoms with E-state index in [1.165, 1.54) is 0 Å². The van der Waals surface area contributed by atoms with Gasteiger partial charge >= 0.3 is 14.2 Å². The van der Waals surface area contributed by atoms with Crippen LogP contribution >= 0.6 is 0 Å². The van der Waals surface area contributed by atoms with E-state index in [1.54, 1.807) is 0 Å². The third-order valence-electron chi connectivity index (χ3n) is 2.64. The van der Waals surface area contributed by atoms with Crippen molar-refractivity contribution in [3.05, 3.63) is 12.2 Å². The van der Waals surface area contributed by atoms with Gasteiger partial charge in [-0.1, -0.05) is 0 Å². The summed E-state index contributed by atoms with van der Waals surface area (Å²) in [6.45, 7) is 5.83. The highest BCUT2D eigenvalue weighted by molar-refractivity contribution is 6.54. The number of hydrogen-bond acceptors (Lipinski definition) is 4. The Morgan fingerprint density at radius 2 is 1.20 bits per heavy atom. The molecular weight excluding hydrogens is 282 g/mol. The smallest absolute Gasteiger partial charge is 0.509 e. The van der Waals surface area contributed by atoms with E-state index in [9.17, 15) is 17.3 Å². The number of hydrogen-bond donors (Lipinski definition) is 0. The molecule has 2 aliphatic rings. The first-order valence-corrected chi connectivity index (χ1v) is 6.37. The van der Waals surface area contributed by atoms with Gasteiger partial charge in [-0.2, -0.15) is 0 Å². The zero-order valence-corrected chi connectivity index (χ0v) is 11.9. The molecule has 0 bridgehead atoms. The molecule has 0 saturated carbocycles. The van der Waals surface area contributed by atoms with Crippen LogP contribution in [0, 0.1) is 12.2 Å². The highest BCUT2D eigenvalue weighted by Gasteiger charge is 2.54. The van der Waals surface area contributed by atoms with Gasteiger partial charge in [0.25, 0.3) is 0 Å². The van der Waals surface area contributed by atoms with Crippen molar-refractivity contribution in [3.63, 3.8) is 0 Å². The summed E-state index contributed by atoms with van der Waals surface area (Å²) >= 11 is 0. The minimum atomic E-state index is -6.00. The van der Waals surface area contributed by atoms with Gasteiger partial charge in [-0.15, -0.1) is 0 Å². The Bertz CT molecular complexity index is 265. The Labute approximate surface area is 116 Å². The average Bonchev–Trinajstić information content (AvgIpc) is 2.08. The van der Waals surface area contributed by atoms with E-state index >= 15 is 0 Å². The Balaban J connectivity index is 0.000000347. The van der Waals surface area contributed by atoms with Gasteiger partial charge in [0, 0.05) is 0 Å². The molecule has 4 nitrogen and oxygen atoms in total. The van der Waals surface area contributed by atoms with E-state index in [-0.39, 0.29) is 12.2 Å². The van der Waals surface area contributed by atoms with Crippen molar-refractivity contribution in [3.8, 4) is 0 Å². The molecule has 0 aliphatic carbocycles. The Kier molecular flexibility index (Phi) is 5.65. The zero-order chi connectivity index (χ0) is 15.6. The van der Waals surface area contributed by atoms with E-state index in [0.717, 1.165) is 25.0 Å². The fourth-order valence-corrected chi connectivity index (χ4v) is 2.23. The predicted octanol–water partition coefficient (Wildman–Crippen LogP) is 3.48. The molecule has 0 N–H and O–H groups in total. The molecule has 0 aromatic heterocycles. The highest BCUT2D eigenvalue weighted by Crippen LogP contribution is 2.36. The van der Waals surface area contributed by atoms with Crippen molar-refractivity contribution >= 4 is 14.2 Å². The van der Waals surface area contributed by atoms with Crippen molar-refractivity contribution in [2.45, 2.75) is 52.7 Å². The van der Waals surface area contributed by atoms with Crippen LogP contribution in [0.2, 0.25) is 0 Å². The first-order valence-electron chi connectivity index (χ1n) is 6.37. The van der Waals surface area contributed by atoms with E-state index in [2.05, 4.69) is 0 Å². The molecule has 2 heterocycles. The summed E-state index contributed by atoms with van der Waals surface area (Å²) in [5.41, 5.74) is 0. The van der Waals surface area contributed by atoms with Gasteiger partial charge in [-0.25, -0.2) is 0 Å². The van der Waals surface area contributed by atoms with Crippen molar-refractivity contribution < 1.29 is 35.9 Å².